The van der Waals surface area contributed by atoms with Gasteiger partial charge in [-0.1, -0.05) is 24.3 Å². The summed E-state index contributed by atoms with van der Waals surface area (Å²) in [5, 5.41) is 0. The van der Waals surface area contributed by atoms with Crippen molar-refractivity contribution in [3.8, 4) is 0 Å². The van der Waals surface area contributed by atoms with Gasteiger partial charge in [0.1, 0.15) is 0 Å². The fourth-order valence-corrected chi connectivity index (χ4v) is 3.76. The standard InChI is InChI=1S/C17H23N3O2/c1-19(17(22)16(18)21)14-7-4-8-20(11-14)15-9-12-5-2-3-6-13(12)10-15/h2-3,5-6,14-15H,4,7-11H2,1H3,(H2,18,21). The van der Waals surface area contributed by atoms with Crippen molar-refractivity contribution in [3.05, 3.63) is 35.4 Å². The first kappa shape index (κ1) is 15.0. The summed E-state index contributed by atoms with van der Waals surface area (Å²) in [5.41, 5.74) is 8.00. The zero-order chi connectivity index (χ0) is 15.7. The van der Waals surface area contributed by atoms with E-state index in [1.165, 1.54) is 16.0 Å². The molecule has 2 aliphatic rings. The van der Waals surface area contributed by atoms with Gasteiger partial charge in [0, 0.05) is 25.7 Å². The third kappa shape index (κ3) is 2.86. The highest BCUT2D eigenvalue weighted by atomic mass is 16.2. The number of fused-ring (bicyclic) bond motifs is 1. The Bertz CT molecular complexity index is 562. The maximum atomic E-state index is 11.8. The molecule has 0 radical (unpaired) electrons. The number of likely N-dealkylation sites (tertiary alicyclic amines) is 1. The Labute approximate surface area is 131 Å². The van der Waals surface area contributed by atoms with Crippen molar-refractivity contribution in [2.75, 3.05) is 20.1 Å². The van der Waals surface area contributed by atoms with Gasteiger partial charge in [-0.2, -0.15) is 0 Å². The third-order valence-electron chi connectivity index (χ3n) is 5.05. The second kappa shape index (κ2) is 6.08. The number of amides is 2. The zero-order valence-corrected chi connectivity index (χ0v) is 13.0. The van der Waals surface area contributed by atoms with Crippen LogP contribution in [0.4, 0.5) is 0 Å². The van der Waals surface area contributed by atoms with Gasteiger partial charge in [-0.15, -0.1) is 0 Å². The number of carbonyl (C=O) groups is 2. The predicted octanol–water partition coefficient (Wildman–Crippen LogP) is 0.562. The number of likely N-dealkylation sites (N-methyl/N-ethyl adjacent to an activating group) is 1. The Morgan fingerprint density at radius 3 is 2.45 bits per heavy atom. The molecule has 1 unspecified atom stereocenters. The van der Waals surface area contributed by atoms with E-state index in [0.29, 0.717) is 6.04 Å². The molecule has 22 heavy (non-hydrogen) atoms. The number of primary amides is 1. The Morgan fingerprint density at radius 2 is 1.86 bits per heavy atom. The highest BCUT2D eigenvalue weighted by Crippen LogP contribution is 2.28. The van der Waals surface area contributed by atoms with Crippen LogP contribution < -0.4 is 5.73 Å². The first-order valence-electron chi connectivity index (χ1n) is 7.93. The molecule has 3 rings (SSSR count). The van der Waals surface area contributed by atoms with Crippen LogP contribution in [0.25, 0.3) is 0 Å². The van der Waals surface area contributed by atoms with Crippen LogP contribution in [-0.2, 0) is 22.4 Å². The van der Waals surface area contributed by atoms with Gasteiger partial charge in [-0.3, -0.25) is 14.5 Å². The Balaban J connectivity index is 1.65. The van der Waals surface area contributed by atoms with Crippen molar-refractivity contribution in [1.82, 2.24) is 9.80 Å². The van der Waals surface area contributed by atoms with Gasteiger partial charge in [-0.25, -0.2) is 0 Å². The Morgan fingerprint density at radius 1 is 1.23 bits per heavy atom. The molecule has 0 spiro atoms. The van der Waals surface area contributed by atoms with Gasteiger partial charge >= 0.3 is 11.8 Å². The molecule has 118 valence electrons. The molecule has 1 heterocycles. The van der Waals surface area contributed by atoms with E-state index in [1.54, 1.807) is 7.05 Å². The number of benzene rings is 1. The van der Waals surface area contributed by atoms with Crippen molar-refractivity contribution in [2.24, 2.45) is 5.73 Å². The van der Waals surface area contributed by atoms with Crippen LogP contribution in [0.2, 0.25) is 0 Å². The van der Waals surface area contributed by atoms with Crippen molar-refractivity contribution < 1.29 is 9.59 Å². The van der Waals surface area contributed by atoms with E-state index in [4.69, 9.17) is 5.73 Å². The molecule has 0 saturated carbocycles. The van der Waals surface area contributed by atoms with E-state index in [9.17, 15) is 9.59 Å². The van der Waals surface area contributed by atoms with Gasteiger partial charge < -0.3 is 10.6 Å². The number of hydrogen-bond acceptors (Lipinski definition) is 3. The summed E-state index contributed by atoms with van der Waals surface area (Å²) in [4.78, 5) is 26.9. The lowest BCUT2D eigenvalue weighted by Gasteiger charge is -2.40. The fraction of sp³-hybridized carbons (Fsp3) is 0.529. The second-order valence-corrected chi connectivity index (χ2v) is 6.40. The molecule has 1 aliphatic heterocycles. The molecule has 5 nitrogen and oxygen atoms in total. The molecular formula is C17H23N3O2. The third-order valence-corrected chi connectivity index (χ3v) is 5.05. The van der Waals surface area contributed by atoms with E-state index >= 15 is 0 Å². The molecule has 0 aromatic heterocycles. The predicted molar refractivity (Wildman–Crippen MR) is 84.2 cm³/mol. The topological polar surface area (TPSA) is 66.6 Å². The SMILES string of the molecule is CN(C(=O)C(N)=O)C1CCCN(C2Cc3ccccc3C2)C1. The fourth-order valence-electron chi connectivity index (χ4n) is 3.76. The highest BCUT2D eigenvalue weighted by Gasteiger charge is 2.33. The van der Waals surface area contributed by atoms with E-state index in [-0.39, 0.29) is 6.04 Å². The van der Waals surface area contributed by atoms with Crippen LogP contribution in [0, 0.1) is 0 Å². The average molecular weight is 301 g/mol. The molecule has 1 aromatic rings. The van der Waals surface area contributed by atoms with Crippen LogP contribution in [0.3, 0.4) is 0 Å². The Hall–Kier alpha value is -1.88. The van der Waals surface area contributed by atoms with Gasteiger partial charge in [0.2, 0.25) is 0 Å². The molecule has 1 fully saturated rings. The second-order valence-electron chi connectivity index (χ2n) is 6.40. The molecule has 2 N–H and O–H groups in total. The van der Waals surface area contributed by atoms with Crippen LogP contribution >= 0.6 is 0 Å². The summed E-state index contributed by atoms with van der Waals surface area (Å²) < 4.78 is 0. The normalized spacial score (nSPS) is 22.3. The minimum absolute atomic E-state index is 0.0810. The number of rotatable bonds is 2. The van der Waals surface area contributed by atoms with Crippen molar-refractivity contribution in [3.63, 3.8) is 0 Å². The number of carbonyl (C=O) groups excluding carboxylic acids is 2. The van der Waals surface area contributed by atoms with E-state index in [2.05, 4.69) is 29.2 Å². The quantitative estimate of drug-likeness (QED) is 0.812. The summed E-state index contributed by atoms with van der Waals surface area (Å²) >= 11 is 0. The molecule has 1 saturated heterocycles. The minimum atomic E-state index is -0.868. The van der Waals surface area contributed by atoms with Crippen LogP contribution in [0.1, 0.15) is 24.0 Å². The Kier molecular flexibility index (Phi) is 4.16. The van der Waals surface area contributed by atoms with E-state index < -0.39 is 11.8 Å². The van der Waals surface area contributed by atoms with Gasteiger partial charge in [-0.05, 0) is 43.4 Å². The molecular weight excluding hydrogens is 278 g/mol. The van der Waals surface area contributed by atoms with Crippen LogP contribution in [0.5, 0.6) is 0 Å². The van der Waals surface area contributed by atoms with Crippen molar-refractivity contribution in [2.45, 2.75) is 37.8 Å². The minimum Gasteiger partial charge on any atom is -0.361 e. The molecule has 1 aliphatic carbocycles. The summed E-state index contributed by atoms with van der Waals surface area (Å²) in [5.74, 6) is -1.45. The van der Waals surface area contributed by atoms with Crippen molar-refractivity contribution >= 4 is 11.8 Å². The largest absolute Gasteiger partial charge is 0.361 e. The van der Waals surface area contributed by atoms with Gasteiger partial charge in [0.05, 0.1) is 0 Å². The first-order valence-corrected chi connectivity index (χ1v) is 7.93. The number of nitrogens with zero attached hydrogens (tertiary/aromatic N) is 2. The lowest BCUT2D eigenvalue weighted by Crippen LogP contribution is -2.53. The van der Waals surface area contributed by atoms with Crippen LogP contribution in [0.15, 0.2) is 24.3 Å². The van der Waals surface area contributed by atoms with Gasteiger partial charge in [0.25, 0.3) is 0 Å². The molecule has 2 amide bonds. The lowest BCUT2D eigenvalue weighted by atomic mass is 10.0. The summed E-state index contributed by atoms with van der Waals surface area (Å²) in [7, 11) is 1.69. The number of nitrogens with two attached hydrogens (primary N) is 1. The molecule has 1 aromatic carbocycles. The molecule has 0 bridgehead atoms. The summed E-state index contributed by atoms with van der Waals surface area (Å²) in [6.07, 6.45) is 4.15. The monoisotopic (exact) mass is 301 g/mol. The first-order chi connectivity index (χ1) is 10.6. The van der Waals surface area contributed by atoms with Gasteiger partial charge in [0.15, 0.2) is 0 Å². The highest BCUT2D eigenvalue weighted by molar-refractivity contribution is 6.34. The zero-order valence-electron chi connectivity index (χ0n) is 13.0. The maximum absolute atomic E-state index is 11.8. The maximum Gasteiger partial charge on any atom is 0.311 e. The number of hydrogen-bond donors (Lipinski definition) is 1. The van der Waals surface area contributed by atoms with E-state index in [1.807, 2.05) is 0 Å². The summed E-state index contributed by atoms with van der Waals surface area (Å²) in [6, 6.07) is 9.20. The lowest BCUT2D eigenvalue weighted by molar-refractivity contribution is -0.145. The smallest absolute Gasteiger partial charge is 0.311 e. The van der Waals surface area contributed by atoms with Crippen LogP contribution in [-0.4, -0.2) is 53.8 Å². The van der Waals surface area contributed by atoms with E-state index in [0.717, 1.165) is 38.8 Å². The molecule has 1 atom stereocenters. The summed E-state index contributed by atoms with van der Waals surface area (Å²) in [6.45, 7) is 1.89. The molecule has 5 heteroatoms. The average Bonchev–Trinajstić information content (AvgIpc) is 2.97. The van der Waals surface area contributed by atoms with Crippen molar-refractivity contribution in [1.29, 1.82) is 0 Å². The number of piperidine rings is 1.